The second kappa shape index (κ2) is 3.86. The van der Waals surface area contributed by atoms with E-state index >= 15 is 0 Å². The zero-order chi connectivity index (χ0) is 12.6. The summed E-state index contributed by atoms with van der Waals surface area (Å²) in [5.74, 6) is -1.19. The van der Waals surface area contributed by atoms with E-state index in [1.807, 2.05) is 0 Å². The van der Waals surface area contributed by atoms with Crippen LogP contribution in [0.15, 0.2) is 18.3 Å². The molecule has 0 aliphatic rings. The highest BCUT2D eigenvalue weighted by molar-refractivity contribution is 6.03. The van der Waals surface area contributed by atoms with Gasteiger partial charge in [0.2, 0.25) is 0 Å². The number of hydrogen-bond donors (Lipinski definition) is 1. The van der Waals surface area contributed by atoms with Crippen molar-refractivity contribution in [2.24, 2.45) is 5.73 Å². The summed E-state index contributed by atoms with van der Waals surface area (Å²) in [7, 11) is 0. The maximum absolute atomic E-state index is 12.5. The second-order valence-electron chi connectivity index (χ2n) is 3.72. The van der Waals surface area contributed by atoms with Gasteiger partial charge in [-0.1, -0.05) is 0 Å². The minimum atomic E-state index is -4.78. The van der Waals surface area contributed by atoms with Gasteiger partial charge in [-0.3, -0.25) is 9.78 Å². The maximum Gasteiger partial charge on any atom is 0.413 e. The molecule has 2 N–H and O–H groups in total. The third kappa shape index (κ3) is 2.21. The SMILES string of the molecule is Cc1ccc(C(=O)C(C)(N)C(F)(F)F)cn1. The Kier molecular flexibility index (Phi) is 3.05. The minimum absolute atomic E-state index is 0.145. The zero-order valence-electron chi connectivity index (χ0n) is 8.80. The van der Waals surface area contributed by atoms with E-state index in [1.165, 1.54) is 12.1 Å². The van der Waals surface area contributed by atoms with E-state index in [9.17, 15) is 18.0 Å². The number of carbonyl (C=O) groups excluding carboxylic acids is 1. The molecule has 1 aromatic rings. The van der Waals surface area contributed by atoms with Crippen molar-refractivity contribution in [3.05, 3.63) is 29.6 Å². The molecule has 88 valence electrons. The molecule has 16 heavy (non-hydrogen) atoms. The smallest absolute Gasteiger partial charge is 0.311 e. The van der Waals surface area contributed by atoms with Crippen LogP contribution >= 0.6 is 0 Å². The highest BCUT2D eigenvalue weighted by Crippen LogP contribution is 2.30. The lowest BCUT2D eigenvalue weighted by atomic mass is 9.92. The van der Waals surface area contributed by atoms with Crippen LogP contribution in [0, 0.1) is 6.92 Å². The fraction of sp³-hybridized carbons (Fsp3) is 0.400. The molecular formula is C10H11F3N2O. The van der Waals surface area contributed by atoms with E-state index in [0.717, 1.165) is 6.20 Å². The summed E-state index contributed by atoms with van der Waals surface area (Å²) in [6.07, 6.45) is -3.69. The predicted molar refractivity (Wildman–Crippen MR) is 52.0 cm³/mol. The first-order chi connectivity index (χ1) is 7.16. The molecule has 1 atom stereocenters. The molecule has 0 amide bonds. The topological polar surface area (TPSA) is 56.0 Å². The highest BCUT2D eigenvalue weighted by atomic mass is 19.4. The van der Waals surface area contributed by atoms with Crippen LogP contribution in [-0.4, -0.2) is 22.5 Å². The molecule has 1 rings (SSSR count). The molecule has 0 fully saturated rings. The third-order valence-corrected chi connectivity index (χ3v) is 2.23. The van der Waals surface area contributed by atoms with Crippen molar-refractivity contribution in [3.63, 3.8) is 0 Å². The van der Waals surface area contributed by atoms with Crippen molar-refractivity contribution in [2.45, 2.75) is 25.6 Å². The zero-order valence-corrected chi connectivity index (χ0v) is 8.80. The summed E-state index contributed by atoms with van der Waals surface area (Å²) in [5.41, 5.74) is 2.59. The molecule has 0 aromatic carbocycles. The van der Waals surface area contributed by atoms with Crippen LogP contribution in [0.3, 0.4) is 0 Å². The monoisotopic (exact) mass is 232 g/mol. The van der Waals surface area contributed by atoms with Crippen molar-refractivity contribution in [3.8, 4) is 0 Å². The van der Waals surface area contributed by atoms with Gasteiger partial charge < -0.3 is 5.73 Å². The van der Waals surface area contributed by atoms with Crippen molar-refractivity contribution < 1.29 is 18.0 Å². The Hall–Kier alpha value is -1.43. The number of ketones is 1. The average molecular weight is 232 g/mol. The first-order valence-electron chi connectivity index (χ1n) is 4.49. The molecule has 0 aliphatic heterocycles. The number of nitrogens with two attached hydrogens (primary N) is 1. The van der Waals surface area contributed by atoms with Crippen LogP contribution in [0.4, 0.5) is 13.2 Å². The average Bonchev–Trinajstić information content (AvgIpc) is 2.16. The lowest BCUT2D eigenvalue weighted by molar-refractivity contribution is -0.165. The van der Waals surface area contributed by atoms with Gasteiger partial charge in [0.15, 0.2) is 11.3 Å². The van der Waals surface area contributed by atoms with Crippen molar-refractivity contribution in [2.75, 3.05) is 0 Å². The van der Waals surface area contributed by atoms with E-state index in [4.69, 9.17) is 5.73 Å². The number of carbonyl (C=O) groups is 1. The molecule has 6 heteroatoms. The Labute approximate surface area is 90.5 Å². The first-order valence-corrected chi connectivity index (χ1v) is 4.49. The van der Waals surface area contributed by atoms with Gasteiger partial charge >= 0.3 is 6.18 Å². The standard InChI is InChI=1S/C10H11F3N2O/c1-6-3-4-7(5-15-6)8(16)9(2,14)10(11,12)13/h3-5H,14H2,1-2H3. The second-order valence-corrected chi connectivity index (χ2v) is 3.72. The molecule has 0 saturated heterocycles. The van der Waals surface area contributed by atoms with Gasteiger partial charge in [-0.15, -0.1) is 0 Å². The van der Waals surface area contributed by atoms with E-state index in [1.54, 1.807) is 6.92 Å². The van der Waals surface area contributed by atoms with Crippen LogP contribution < -0.4 is 5.73 Å². The highest BCUT2D eigenvalue weighted by Gasteiger charge is 2.53. The number of nitrogens with zero attached hydrogens (tertiary/aromatic N) is 1. The lowest BCUT2D eigenvalue weighted by Gasteiger charge is -2.25. The van der Waals surface area contributed by atoms with E-state index in [2.05, 4.69) is 4.98 Å². The van der Waals surface area contributed by atoms with E-state index < -0.39 is 17.5 Å². The van der Waals surface area contributed by atoms with E-state index in [0.29, 0.717) is 12.6 Å². The van der Waals surface area contributed by atoms with Gasteiger partial charge in [0, 0.05) is 17.5 Å². The van der Waals surface area contributed by atoms with E-state index in [-0.39, 0.29) is 5.56 Å². The van der Waals surface area contributed by atoms with Gasteiger partial charge in [-0.2, -0.15) is 13.2 Å². The fourth-order valence-corrected chi connectivity index (χ4v) is 1.03. The van der Waals surface area contributed by atoms with Crippen molar-refractivity contribution >= 4 is 5.78 Å². The maximum atomic E-state index is 12.5. The van der Waals surface area contributed by atoms with Crippen LogP contribution in [0.2, 0.25) is 0 Å². The summed E-state index contributed by atoms with van der Waals surface area (Å²) < 4.78 is 37.4. The number of hydrogen-bond acceptors (Lipinski definition) is 3. The molecule has 0 aliphatic carbocycles. The number of pyridine rings is 1. The third-order valence-electron chi connectivity index (χ3n) is 2.23. The minimum Gasteiger partial charge on any atom is -0.311 e. The van der Waals surface area contributed by atoms with Gasteiger partial charge in [0.1, 0.15) is 0 Å². The largest absolute Gasteiger partial charge is 0.413 e. The van der Waals surface area contributed by atoms with Gasteiger partial charge in [0.25, 0.3) is 0 Å². The van der Waals surface area contributed by atoms with Crippen molar-refractivity contribution in [1.29, 1.82) is 0 Å². The molecule has 1 heterocycles. The van der Waals surface area contributed by atoms with Gasteiger partial charge in [0.05, 0.1) is 0 Å². The molecule has 1 aromatic heterocycles. The lowest BCUT2D eigenvalue weighted by Crippen LogP contribution is -2.57. The van der Waals surface area contributed by atoms with Crippen LogP contribution in [-0.2, 0) is 0 Å². The Bertz CT molecular complexity index is 396. The summed E-state index contributed by atoms with van der Waals surface area (Å²) in [6, 6.07) is 2.74. The summed E-state index contributed by atoms with van der Waals surface area (Å²) in [6.45, 7) is 2.31. The number of halogens is 3. The molecular weight excluding hydrogens is 221 g/mol. The molecule has 3 nitrogen and oxygen atoms in total. The number of Topliss-reactive ketones (excluding diaryl/α,β-unsaturated/α-hetero) is 1. The van der Waals surface area contributed by atoms with Crippen LogP contribution in [0.1, 0.15) is 23.0 Å². The summed E-state index contributed by atoms with van der Waals surface area (Å²) in [5, 5.41) is 0. The number of aromatic nitrogens is 1. The van der Waals surface area contributed by atoms with Crippen LogP contribution in [0.5, 0.6) is 0 Å². The summed E-state index contributed by atoms with van der Waals surface area (Å²) >= 11 is 0. The number of aryl methyl sites for hydroxylation is 1. The Morgan fingerprint density at radius 3 is 2.31 bits per heavy atom. The molecule has 0 spiro atoms. The first kappa shape index (κ1) is 12.6. The normalized spacial score (nSPS) is 15.6. The van der Waals surface area contributed by atoms with Crippen molar-refractivity contribution in [1.82, 2.24) is 4.98 Å². The van der Waals surface area contributed by atoms with Gasteiger partial charge in [-0.05, 0) is 26.0 Å². The molecule has 0 bridgehead atoms. The number of alkyl halides is 3. The Morgan fingerprint density at radius 1 is 1.38 bits per heavy atom. The number of rotatable bonds is 2. The molecule has 0 saturated carbocycles. The predicted octanol–water partition coefficient (Wildman–Crippen LogP) is 1.85. The van der Waals surface area contributed by atoms with Gasteiger partial charge in [-0.25, -0.2) is 0 Å². The summed E-state index contributed by atoms with van der Waals surface area (Å²) in [4.78, 5) is 15.3. The van der Waals surface area contributed by atoms with Crippen LogP contribution in [0.25, 0.3) is 0 Å². The molecule has 0 radical (unpaired) electrons. The Morgan fingerprint density at radius 2 is 1.94 bits per heavy atom. The quantitative estimate of drug-likeness (QED) is 0.792. The fourth-order valence-electron chi connectivity index (χ4n) is 1.03. The Balaban J connectivity index is 3.07. The molecule has 1 unspecified atom stereocenters.